The van der Waals surface area contributed by atoms with Gasteiger partial charge >= 0.3 is 6.03 Å². The van der Waals surface area contributed by atoms with Crippen molar-refractivity contribution in [3.8, 4) is 0 Å². The van der Waals surface area contributed by atoms with Crippen LogP contribution < -0.4 is 10.6 Å². The maximum atomic E-state index is 11.8. The molecule has 16 heavy (non-hydrogen) atoms. The molecule has 0 aromatic heterocycles. The van der Waals surface area contributed by atoms with E-state index in [2.05, 4.69) is 17.6 Å². The molecule has 4 heteroatoms. The van der Waals surface area contributed by atoms with E-state index < -0.39 is 0 Å². The monoisotopic (exact) mass is 225 g/mol. The molecular formula is C12H23N3O. The second-order valence-corrected chi connectivity index (χ2v) is 5.41. The first-order valence-electron chi connectivity index (χ1n) is 6.43. The Morgan fingerprint density at radius 2 is 1.94 bits per heavy atom. The molecule has 0 atom stereocenters. The highest BCUT2D eigenvalue weighted by Crippen LogP contribution is 2.26. The normalized spacial score (nSPS) is 24.4. The second-order valence-electron chi connectivity index (χ2n) is 5.41. The van der Waals surface area contributed by atoms with Gasteiger partial charge in [-0.1, -0.05) is 6.92 Å². The zero-order chi connectivity index (χ0) is 11.4. The quantitative estimate of drug-likeness (QED) is 0.741. The summed E-state index contributed by atoms with van der Waals surface area (Å²) in [6.07, 6.45) is 4.64. The third-order valence-corrected chi connectivity index (χ3v) is 3.87. The average molecular weight is 225 g/mol. The van der Waals surface area contributed by atoms with Crippen LogP contribution in [0.15, 0.2) is 0 Å². The molecule has 0 aromatic carbocycles. The summed E-state index contributed by atoms with van der Waals surface area (Å²) in [6, 6.07) is 0.136. The lowest BCUT2D eigenvalue weighted by molar-refractivity contribution is 0.187. The van der Waals surface area contributed by atoms with Crippen LogP contribution >= 0.6 is 0 Å². The molecule has 2 N–H and O–H groups in total. The topological polar surface area (TPSA) is 44.4 Å². The van der Waals surface area contributed by atoms with Gasteiger partial charge in [-0.15, -0.1) is 0 Å². The molecular weight excluding hydrogens is 202 g/mol. The summed E-state index contributed by atoms with van der Waals surface area (Å²) in [5.74, 6) is 0. The minimum atomic E-state index is 0.136. The third kappa shape index (κ3) is 2.88. The minimum absolute atomic E-state index is 0.136. The Morgan fingerprint density at radius 1 is 1.31 bits per heavy atom. The first-order chi connectivity index (χ1) is 7.70. The Balaban J connectivity index is 1.75. The second kappa shape index (κ2) is 5.04. The molecule has 0 spiro atoms. The lowest BCUT2D eigenvalue weighted by Crippen LogP contribution is -2.46. The van der Waals surface area contributed by atoms with Crippen molar-refractivity contribution in [2.45, 2.75) is 32.6 Å². The van der Waals surface area contributed by atoms with E-state index in [1.54, 1.807) is 0 Å². The smallest absolute Gasteiger partial charge is 0.317 e. The molecule has 2 rings (SSSR count). The first kappa shape index (κ1) is 11.7. The first-order valence-corrected chi connectivity index (χ1v) is 6.43. The van der Waals surface area contributed by atoms with E-state index in [4.69, 9.17) is 0 Å². The molecule has 0 bridgehead atoms. The Kier molecular flexibility index (Phi) is 3.69. The van der Waals surface area contributed by atoms with E-state index in [9.17, 15) is 4.79 Å². The van der Waals surface area contributed by atoms with Gasteiger partial charge in [0.05, 0.1) is 0 Å². The maximum Gasteiger partial charge on any atom is 0.317 e. The van der Waals surface area contributed by atoms with Crippen molar-refractivity contribution in [1.82, 2.24) is 15.5 Å². The Morgan fingerprint density at radius 3 is 2.56 bits per heavy atom. The molecule has 0 radical (unpaired) electrons. The summed E-state index contributed by atoms with van der Waals surface area (Å²) in [5, 5.41) is 6.45. The molecule has 2 saturated heterocycles. The van der Waals surface area contributed by atoms with Gasteiger partial charge in [0.15, 0.2) is 0 Å². The highest BCUT2D eigenvalue weighted by atomic mass is 16.2. The average Bonchev–Trinajstić information content (AvgIpc) is 2.80. The molecule has 92 valence electrons. The molecule has 2 heterocycles. The molecule has 0 aliphatic carbocycles. The van der Waals surface area contributed by atoms with Crippen LogP contribution in [0.3, 0.4) is 0 Å². The van der Waals surface area contributed by atoms with Gasteiger partial charge in [0.2, 0.25) is 0 Å². The Hall–Kier alpha value is -0.770. The summed E-state index contributed by atoms with van der Waals surface area (Å²) >= 11 is 0. The fourth-order valence-electron chi connectivity index (χ4n) is 2.53. The number of piperidine rings is 1. The van der Waals surface area contributed by atoms with E-state index in [0.717, 1.165) is 58.4 Å². The van der Waals surface area contributed by atoms with Crippen molar-refractivity contribution in [3.63, 3.8) is 0 Å². The molecule has 4 nitrogen and oxygen atoms in total. The molecule has 0 aromatic rings. The molecule has 2 aliphatic rings. The van der Waals surface area contributed by atoms with Crippen molar-refractivity contribution >= 4 is 6.03 Å². The van der Waals surface area contributed by atoms with Crippen LogP contribution in [0.2, 0.25) is 0 Å². The van der Waals surface area contributed by atoms with Crippen molar-refractivity contribution in [1.29, 1.82) is 0 Å². The summed E-state index contributed by atoms with van der Waals surface area (Å²) in [4.78, 5) is 13.8. The number of carbonyl (C=O) groups excluding carboxylic acids is 1. The lowest BCUT2D eigenvalue weighted by atomic mass is 9.81. The Labute approximate surface area is 97.8 Å². The number of urea groups is 1. The molecule has 2 aliphatic heterocycles. The fraction of sp³-hybridized carbons (Fsp3) is 0.917. The lowest BCUT2D eigenvalue weighted by Gasteiger charge is -2.34. The van der Waals surface area contributed by atoms with E-state index in [0.29, 0.717) is 5.41 Å². The van der Waals surface area contributed by atoms with E-state index in [-0.39, 0.29) is 6.03 Å². The van der Waals surface area contributed by atoms with Crippen LogP contribution in [-0.2, 0) is 0 Å². The van der Waals surface area contributed by atoms with Gasteiger partial charge in [-0.25, -0.2) is 4.79 Å². The molecule has 2 fully saturated rings. The third-order valence-electron chi connectivity index (χ3n) is 3.87. The summed E-state index contributed by atoms with van der Waals surface area (Å²) in [5.41, 5.74) is 0.292. The minimum Gasteiger partial charge on any atom is -0.337 e. The van der Waals surface area contributed by atoms with Gasteiger partial charge in [0.25, 0.3) is 0 Å². The van der Waals surface area contributed by atoms with Crippen LogP contribution in [0.4, 0.5) is 4.79 Å². The number of hydrogen-bond donors (Lipinski definition) is 2. The predicted molar refractivity (Wildman–Crippen MR) is 64.4 cm³/mol. The number of carbonyl (C=O) groups is 1. The zero-order valence-corrected chi connectivity index (χ0v) is 10.2. The van der Waals surface area contributed by atoms with Gasteiger partial charge in [0, 0.05) is 19.6 Å². The van der Waals surface area contributed by atoms with Gasteiger partial charge in [0.1, 0.15) is 0 Å². The fourth-order valence-corrected chi connectivity index (χ4v) is 2.53. The van der Waals surface area contributed by atoms with Crippen LogP contribution in [0, 0.1) is 5.41 Å². The van der Waals surface area contributed by atoms with Crippen LogP contribution in [0.5, 0.6) is 0 Å². The van der Waals surface area contributed by atoms with E-state index >= 15 is 0 Å². The standard InChI is InChI=1S/C12H23N3O/c1-12(4-6-13-7-5-12)10-14-11(16)15-8-2-3-9-15/h13H,2-10H2,1H3,(H,14,16). The van der Waals surface area contributed by atoms with Gasteiger partial charge in [-0.2, -0.15) is 0 Å². The van der Waals surface area contributed by atoms with Crippen LogP contribution in [-0.4, -0.2) is 43.7 Å². The summed E-state index contributed by atoms with van der Waals surface area (Å²) in [7, 11) is 0. The number of likely N-dealkylation sites (tertiary alicyclic amines) is 1. The number of rotatable bonds is 2. The maximum absolute atomic E-state index is 11.8. The SMILES string of the molecule is CC1(CNC(=O)N2CCCC2)CCNCC1. The van der Waals surface area contributed by atoms with Crippen LogP contribution in [0.1, 0.15) is 32.6 Å². The predicted octanol–water partition coefficient (Wildman–Crippen LogP) is 1.18. The number of hydrogen-bond acceptors (Lipinski definition) is 2. The van der Waals surface area contributed by atoms with Crippen molar-refractivity contribution in [2.75, 3.05) is 32.7 Å². The molecule has 0 saturated carbocycles. The van der Waals surface area contributed by atoms with Crippen molar-refractivity contribution < 1.29 is 4.79 Å². The van der Waals surface area contributed by atoms with Crippen molar-refractivity contribution in [2.24, 2.45) is 5.41 Å². The van der Waals surface area contributed by atoms with Gasteiger partial charge < -0.3 is 15.5 Å². The van der Waals surface area contributed by atoms with Gasteiger partial charge in [-0.3, -0.25) is 0 Å². The van der Waals surface area contributed by atoms with Crippen molar-refractivity contribution in [3.05, 3.63) is 0 Å². The molecule has 2 amide bonds. The number of nitrogens with zero attached hydrogens (tertiary/aromatic N) is 1. The number of nitrogens with one attached hydrogen (secondary N) is 2. The number of amides is 2. The zero-order valence-electron chi connectivity index (χ0n) is 10.2. The Bertz CT molecular complexity index is 243. The highest BCUT2D eigenvalue weighted by Gasteiger charge is 2.28. The van der Waals surface area contributed by atoms with E-state index in [1.165, 1.54) is 0 Å². The molecule has 0 unspecified atom stereocenters. The highest BCUT2D eigenvalue weighted by molar-refractivity contribution is 5.74. The summed E-state index contributed by atoms with van der Waals surface area (Å²) < 4.78 is 0. The van der Waals surface area contributed by atoms with Gasteiger partial charge in [-0.05, 0) is 44.2 Å². The van der Waals surface area contributed by atoms with Crippen LogP contribution in [0.25, 0.3) is 0 Å². The summed E-state index contributed by atoms with van der Waals surface area (Å²) in [6.45, 7) is 7.13. The largest absolute Gasteiger partial charge is 0.337 e. The van der Waals surface area contributed by atoms with E-state index in [1.807, 2.05) is 4.90 Å².